The van der Waals surface area contributed by atoms with Gasteiger partial charge in [0.1, 0.15) is 11.6 Å². The number of amides is 1. The number of methoxy groups -OCH3 is 1. The van der Waals surface area contributed by atoms with E-state index in [0.717, 1.165) is 6.42 Å². The Balaban J connectivity index is 4.63. The SMILES string of the molecule is COC(=O)C(CCC(C)=C(C)C)NC(=O)OC(C)(C)C. The fourth-order valence-electron chi connectivity index (χ4n) is 1.45. The quantitative estimate of drug-likeness (QED) is 0.622. The maximum atomic E-state index is 11.7. The van der Waals surface area contributed by atoms with E-state index in [-0.39, 0.29) is 0 Å². The predicted molar refractivity (Wildman–Crippen MR) is 78.5 cm³/mol. The molecule has 0 bridgehead atoms. The third kappa shape index (κ3) is 7.81. The molecule has 0 aromatic heterocycles. The molecule has 5 heteroatoms. The van der Waals surface area contributed by atoms with Gasteiger partial charge in [-0.15, -0.1) is 0 Å². The second-order valence-electron chi connectivity index (χ2n) is 6.04. The summed E-state index contributed by atoms with van der Waals surface area (Å²) in [6.45, 7) is 11.4. The molecule has 0 fully saturated rings. The maximum absolute atomic E-state index is 11.7. The van der Waals surface area contributed by atoms with E-state index < -0.39 is 23.7 Å². The summed E-state index contributed by atoms with van der Waals surface area (Å²) in [5.41, 5.74) is 1.82. The third-order valence-electron chi connectivity index (χ3n) is 2.84. The van der Waals surface area contributed by atoms with Crippen LogP contribution in [0.15, 0.2) is 11.1 Å². The van der Waals surface area contributed by atoms with Gasteiger partial charge in [-0.25, -0.2) is 9.59 Å². The summed E-state index contributed by atoms with van der Waals surface area (Å²) in [6.07, 6.45) is 0.601. The Kier molecular flexibility index (Phi) is 7.32. The summed E-state index contributed by atoms with van der Waals surface area (Å²) in [7, 11) is 1.31. The average molecular weight is 285 g/mol. The Morgan fingerprint density at radius 2 is 1.70 bits per heavy atom. The van der Waals surface area contributed by atoms with Crippen LogP contribution in [0, 0.1) is 0 Å². The van der Waals surface area contributed by atoms with E-state index in [4.69, 9.17) is 9.47 Å². The highest BCUT2D eigenvalue weighted by Gasteiger charge is 2.24. The molecule has 0 aliphatic heterocycles. The van der Waals surface area contributed by atoms with Crippen LogP contribution in [0.5, 0.6) is 0 Å². The van der Waals surface area contributed by atoms with Crippen molar-refractivity contribution in [1.29, 1.82) is 0 Å². The van der Waals surface area contributed by atoms with Crippen LogP contribution < -0.4 is 5.32 Å². The van der Waals surface area contributed by atoms with Crippen molar-refractivity contribution < 1.29 is 19.1 Å². The molecule has 0 rings (SSSR count). The smallest absolute Gasteiger partial charge is 0.408 e. The lowest BCUT2D eigenvalue weighted by molar-refractivity contribution is -0.143. The van der Waals surface area contributed by atoms with Gasteiger partial charge in [0.2, 0.25) is 0 Å². The van der Waals surface area contributed by atoms with Crippen LogP contribution in [0.3, 0.4) is 0 Å². The lowest BCUT2D eigenvalue weighted by atomic mass is 10.0. The molecule has 1 amide bonds. The molecule has 0 heterocycles. The highest BCUT2D eigenvalue weighted by Crippen LogP contribution is 2.13. The minimum atomic E-state index is -0.691. The minimum absolute atomic E-state index is 0.461. The number of ether oxygens (including phenoxy) is 2. The second kappa shape index (κ2) is 7.92. The molecule has 1 unspecified atom stereocenters. The number of esters is 1. The van der Waals surface area contributed by atoms with E-state index in [1.807, 2.05) is 20.8 Å². The molecule has 0 aliphatic carbocycles. The van der Waals surface area contributed by atoms with Crippen LogP contribution in [0.1, 0.15) is 54.4 Å². The van der Waals surface area contributed by atoms with Crippen LogP contribution in [0.25, 0.3) is 0 Å². The summed E-state index contributed by atoms with van der Waals surface area (Å²) >= 11 is 0. The van der Waals surface area contributed by atoms with Crippen LogP contribution >= 0.6 is 0 Å². The zero-order valence-corrected chi connectivity index (χ0v) is 13.6. The first-order valence-corrected chi connectivity index (χ1v) is 6.77. The molecule has 0 saturated carbocycles. The largest absolute Gasteiger partial charge is 0.467 e. The van der Waals surface area contributed by atoms with Gasteiger partial charge >= 0.3 is 12.1 Å². The van der Waals surface area contributed by atoms with Gasteiger partial charge in [-0.05, 0) is 54.4 Å². The molecule has 20 heavy (non-hydrogen) atoms. The first-order chi connectivity index (χ1) is 9.06. The fourth-order valence-corrected chi connectivity index (χ4v) is 1.45. The number of carbonyl (C=O) groups is 2. The Bertz CT molecular complexity index is 376. The van der Waals surface area contributed by atoms with Gasteiger partial charge in [0.25, 0.3) is 0 Å². The van der Waals surface area contributed by atoms with E-state index in [2.05, 4.69) is 5.32 Å². The van der Waals surface area contributed by atoms with Crippen molar-refractivity contribution in [2.75, 3.05) is 7.11 Å². The third-order valence-corrected chi connectivity index (χ3v) is 2.84. The van der Waals surface area contributed by atoms with Crippen molar-refractivity contribution in [3.05, 3.63) is 11.1 Å². The summed E-state index contributed by atoms with van der Waals surface area (Å²) < 4.78 is 9.86. The van der Waals surface area contributed by atoms with Crippen LogP contribution in [-0.2, 0) is 14.3 Å². The number of hydrogen-bond acceptors (Lipinski definition) is 4. The molecule has 5 nitrogen and oxygen atoms in total. The van der Waals surface area contributed by atoms with Gasteiger partial charge in [-0.3, -0.25) is 0 Å². The number of allylic oxidation sites excluding steroid dienone is 2. The summed E-state index contributed by atoms with van der Waals surface area (Å²) in [5, 5.41) is 2.56. The van der Waals surface area contributed by atoms with Crippen LogP contribution in [0.4, 0.5) is 4.79 Å². The van der Waals surface area contributed by atoms with Gasteiger partial charge in [-0.1, -0.05) is 11.1 Å². The molecule has 1 atom stereocenters. The van der Waals surface area contributed by atoms with Gasteiger partial charge in [-0.2, -0.15) is 0 Å². The standard InChI is InChI=1S/C15H27NO4/c1-10(2)11(3)8-9-12(13(17)19-7)16-14(18)20-15(4,5)6/h12H,8-9H2,1-7H3,(H,16,18). The molecule has 116 valence electrons. The first kappa shape index (κ1) is 18.5. The van der Waals surface area contributed by atoms with Crippen molar-refractivity contribution in [3.63, 3.8) is 0 Å². The van der Waals surface area contributed by atoms with Crippen molar-refractivity contribution in [2.45, 2.75) is 66.0 Å². The number of alkyl carbamates (subject to hydrolysis) is 1. The Labute approximate surface area is 121 Å². The van der Waals surface area contributed by atoms with E-state index >= 15 is 0 Å². The zero-order chi connectivity index (χ0) is 15.9. The Morgan fingerprint density at radius 3 is 2.10 bits per heavy atom. The highest BCUT2D eigenvalue weighted by atomic mass is 16.6. The Hall–Kier alpha value is -1.52. The molecule has 0 saturated heterocycles. The van der Waals surface area contributed by atoms with Crippen LogP contribution in [-0.4, -0.2) is 30.8 Å². The summed E-state index contributed by atoms with van der Waals surface area (Å²) in [6, 6.07) is -0.691. The van der Waals surface area contributed by atoms with E-state index in [1.165, 1.54) is 18.3 Å². The number of hydrogen-bond donors (Lipinski definition) is 1. The lowest BCUT2D eigenvalue weighted by Gasteiger charge is -2.22. The highest BCUT2D eigenvalue weighted by molar-refractivity contribution is 5.81. The first-order valence-electron chi connectivity index (χ1n) is 6.77. The molecule has 0 radical (unpaired) electrons. The summed E-state index contributed by atoms with van der Waals surface area (Å²) in [4.78, 5) is 23.4. The Morgan fingerprint density at radius 1 is 1.15 bits per heavy atom. The molecule has 0 aliphatic rings. The molecular formula is C15H27NO4. The number of carbonyl (C=O) groups excluding carboxylic acids is 2. The lowest BCUT2D eigenvalue weighted by Crippen LogP contribution is -2.44. The monoisotopic (exact) mass is 285 g/mol. The van der Waals surface area contributed by atoms with Crippen molar-refractivity contribution in [2.24, 2.45) is 0 Å². The van der Waals surface area contributed by atoms with Crippen molar-refractivity contribution in [3.8, 4) is 0 Å². The van der Waals surface area contributed by atoms with Crippen molar-refractivity contribution >= 4 is 12.1 Å². The summed E-state index contributed by atoms with van der Waals surface area (Å²) in [5.74, 6) is -0.461. The maximum Gasteiger partial charge on any atom is 0.408 e. The topological polar surface area (TPSA) is 64.6 Å². The number of nitrogens with one attached hydrogen (secondary N) is 1. The van der Waals surface area contributed by atoms with Gasteiger partial charge in [0, 0.05) is 0 Å². The van der Waals surface area contributed by atoms with Gasteiger partial charge < -0.3 is 14.8 Å². The van der Waals surface area contributed by atoms with E-state index in [1.54, 1.807) is 20.8 Å². The second-order valence-corrected chi connectivity index (χ2v) is 6.04. The predicted octanol–water partition coefficient (Wildman–Crippen LogP) is 3.19. The molecule has 1 N–H and O–H groups in total. The zero-order valence-electron chi connectivity index (χ0n) is 13.6. The van der Waals surface area contributed by atoms with E-state index in [0.29, 0.717) is 6.42 Å². The molecule has 0 aromatic rings. The average Bonchev–Trinajstić information content (AvgIpc) is 2.30. The molecule has 0 spiro atoms. The normalized spacial score (nSPS) is 12.3. The van der Waals surface area contributed by atoms with Gasteiger partial charge in [0.15, 0.2) is 0 Å². The number of rotatable bonds is 5. The molecular weight excluding hydrogens is 258 g/mol. The molecule has 0 aromatic carbocycles. The fraction of sp³-hybridized carbons (Fsp3) is 0.733. The van der Waals surface area contributed by atoms with E-state index in [9.17, 15) is 9.59 Å². The van der Waals surface area contributed by atoms with Crippen LogP contribution in [0.2, 0.25) is 0 Å². The minimum Gasteiger partial charge on any atom is -0.467 e. The van der Waals surface area contributed by atoms with Crippen molar-refractivity contribution in [1.82, 2.24) is 5.32 Å². The van der Waals surface area contributed by atoms with Gasteiger partial charge in [0.05, 0.1) is 7.11 Å².